The van der Waals surface area contributed by atoms with Crippen molar-refractivity contribution in [1.29, 1.82) is 0 Å². The molecule has 0 aromatic heterocycles. The molecule has 0 fully saturated rings. The zero-order valence-electron chi connectivity index (χ0n) is 6.59. The topological polar surface area (TPSA) is 12.0 Å². The summed E-state index contributed by atoms with van der Waals surface area (Å²) in [6, 6.07) is 5.68. The van der Waals surface area contributed by atoms with Gasteiger partial charge in [-0.15, -0.1) is 0 Å². The smallest absolute Gasteiger partial charge is 0.113 e. The molecule has 0 aliphatic rings. The van der Waals surface area contributed by atoms with Crippen molar-refractivity contribution >= 4 is 25.1 Å². The maximum Gasteiger partial charge on any atom is 0.113 e. The van der Waals surface area contributed by atoms with E-state index in [1.807, 2.05) is 25.2 Å². The van der Waals surface area contributed by atoms with Crippen molar-refractivity contribution < 1.29 is 0 Å². The van der Waals surface area contributed by atoms with Crippen LogP contribution < -0.4 is 10.8 Å². The van der Waals surface area contributed by atoms with Crippen LogP contribution in [-0.4, -0.2) is 14.9 Å². The third kappa shape index (κ3) is 1.64. The largest absolute Gasteiger partial charge is 0.388 e. The van der Waals surface area contributed by atoms with Gasteiger partial charge in [-0.3, -0.25) is 0 Å². The highest BCUT2D eigenvalue weighted by molar-refractivity contribution is 6.32. The molecule has 1 nitrogen and oxygen atoms in total. The van der Waals surface area contributed by atoms with Crippen LogP contribution in [0.1, 0.15) is 5.56 Å². The van der Waals surface area contributed by atoms with Crippen LogP contribution in [0.5, 0.6) is 0 Å². The lowest BCUT2D eigenvalue weighted by Gasteiger charge is -2.05. The van der Waals surface area contributed by atoms with Crippen molar-refractivity contribution in [1.82, 2.24) is 0 Å². The summed E-state index contributed by atoms with van der Waals surface area (Å²) in [5, 5.41) is 3.04. The number of nitrogens with one attached hydrogen (secondary N) is 1. The molecule has 0 saturated heterocycles. The van der Waals surface area contributed by atoms with Crippen LogP contribution in [0.25, 0.3) is 6.08 Å². The number of hydrogen-bond donors (Lipinski definition) is 1. The van der Waals surface area contributed by atoms with Crippen molar-refractivity contribution in [2.45, 2.75) is 0 Å². The Morgan fingerprint density at radius 3 is 2.82 bits per heavy atom. The number of hydrogen-bond acceptors (Lipinski definition) is 1. The van der Waals surface area contributed by atoms with Gasteiger partial charge in [-0.1, -0.05) is 30.3 Å². The first kappa shape index (κ1) is 7.93. The van der Waals surface area contributed by atoms with E-state index in [1.54, 1.807) is 6.08 Å². The van der Waals surface area contributed by atoms with Gasteiger partial charge in [-0.25, -0.2) is 0 Å². The third-order valence-electron chi connectivity index (χ3n) is 1.57. The van der Waals surface area contributed by atoms with Crippen molar-refractivity contribution in [3.63, 3.8) is 0 Å². The Morgan fingerprint density at radius 1 is 1.55 bits per heavy atom. The Kier molecular flexibility index (Phi) is 2.37. The minimum Gasteiger partial charge on any atom is -0.388 e. The molecule has 0 atom stereocenters. The first-order valence-electron chi connectivity index (χ1n) is 3.47. The lowest BCUT2D eigenvalue weighted by molar-refractivity contribution is 1.51. The summed E-state index contributed by atoms with van der Waals surface area (Å²) in [6.07, 6.45) is 1.80. The minimum atomic E-state index is 0.764. The standard InChI is InChI=1S/C9H10BN/c1-3-7-4-5-8(10)6-9(7)11-2/h3-6,11H,1H2,2H3. The van der Waals surface area contributed by atoms with E-state index in [1.165, 1.54) is 0 Å². The molecule has 54 valence electrons. The second-order valence-electron chi connectivity index (χ2n) is 2.30. The first-order valence-corrected chi connectivity index (χ1v) is 3.47. The maximum atomic E-state index is 5.58. The van der Waals surface area contributed by atoms with Crippen LogP contribution >= 0.6 is 0 Å². The molecular formula is C9H10BN. The molecule has 1 rings (SSSR count). The van der Waals surface area contributed by atoms with Gasteiger partial charge in [-0.2, -0.15) is 0 Å². The van der Waals surface area contributed by atoms with E-state index in [0.717, 1.165) is 16.7 Å². The first-order chi connectivity index (χ1) is 5.27. The van der Waals surface area contributed by atoms with Gasteiger partial charge in [0.05, 0.1) is 0 Å². The second kappa shape index (κ2) is 3.29. The zero-order valence-corrected chi connectivity index (χ0v) is 6.59. The quantitative estimate of drug-likeness (QED) is 0.612. The van der Waals surface area contributed by atoms with Crippen molar-refractivity contribution in [2.75, 3.05) is 12.4 Å². The molecule has 0 heterocycles. The van der Waals surface area contributed by atoms with Gasteiger partial charge in [0.25, 0.3) is 0 Å². The summed E-state index contributed by atoms with van der Waals surface area (Å²) in [6.45, 7) is 3.69. The third-order valence-corrected chi connectivity index (χ3v) is 1.57. The van der Waals surface area contributed by atoms with Crippen molar-refractivity contribution in [3.8, 4) is 0 Å². The molecule has 11 heavy (non-hydrogen) atoms. The SMILES string of the molecule is [B]c1ccc(C=C)c(NC)c1. The summed E-state index contributed by atoms with van der Waals surface area (Å²) in [5.74, 6) is 0. The van der Waals surface area contributed by atoms with Gasteiger partial charge >= 0.3 is 0 Å². The predicted octanol–water partition coefficient (Wildman–Crippen LogP) is 1.17. The second-order valence-corrected chi connectivity index (χ2v) is 2.30. The fraction of sp³-hybridized carbons (Fsp3) is 0.111. The van der Waals surface area contributed by atoms with E-state index < -0.39 is 0 Å². The summed E-state index contributed by atoms with van der Waals surface area (Å²) >= 11 is 0. The van der Waals surface area contributed by atoms with Gasteiger partial charge in [0.15, 0.2) is 0 Å². The number of anilines is 1. The molecule has 1 aromatic carbocycles. The Labute approximate surface area is 68.5 Å². The lowest BCUT2D eigenvalue weighted by Crippen LogP contribution is -2.04. The molecule has 0 spiro atoms. The van der Waals surface area contributed by atoms with Gasteiger partial charge in [0.2, 0.25) is 0 Å². The fourth-order valence-electron chi connectivity index (χ4n) is 0.968. The van der Waals surface area contributed by atoms with Crippen LogP contribution in [0, 0.1) is 0 Å². The van der Waals surface area contributed by atoms with Crippen LogP contribution in [0.4, 0.5) is 5.69 Å². The van der Waals surface area contributed by atoms with Crippen LogP contribution in [0.3, 0.4) is 0 Å². The van der Waals surface area contributed by atoms with Crippen molar-refractivity contribution in [2.24, 2.45) is 0 Å². The Morgan fingerprint density at radius 2 is 2.27 bits per heavy atom. The highest BCUT2D eigenvalue weighted by Gasteiger charge is 1.94. The molecule has 0 aliphatic heterocycles. The molecule has 2 heteroatoms. The molecule has 1 aromatic rings. The van der Waals surface area contributed by atoms with Gasteiger partial charge in [0, 0.05) is 12.7 Å². The van der Waals surface area contributed by atoms with Gasteiger partial charge in [-0.05, 0) is 11.6 Å². The molecule has 0 amide bonds. The molecule has 2 radical (unpaired) electrons. The van der Waals surface area contributed by atoms with Crippen LogP contribution in [0.2, 0.25) is 0 Å². The fourth-order valence-corrected chi connectivity index (χ4v) is 0.968. The van der Waals surface area contributed by atoms with E-state index in [2.05, 4.69) is 11.9 Å². The average molecular weight is 143 g/mol. The Balaban J connectivity index is 3.16. The van der Waals surface area contributed by atoms with E-state index in [9.17, 15) is 0 Å². The zero-order chi connectivity index (χ0) is 8.27. The van der Waals surface area contributed by atoms with Crippen LogP contribution in [0.15, 0.2) is 24.8 Å². The summed E-state index contributed by atoms with van der Waals surface area (Å²) in [4.78, 5) is 0. The van der Waals surface area contributed by atoms with E-state index in [-0.39, 0.29) is 0 Å². The van der Waals surface area contributed by atoms with Gasteiger partial charge in [0.1, 0.15) is 7.85 Å². The number of benzene rings is 1. The van der Waals surface area contributed by atoms with Crippen molar-refractivity contribution in [3.05, 3.63) is 30.3 Å². The number of rotatable bonds is 2. The summed E-state index contributed by atoms with van der Waals surface area (Å²) < 4.78 is 0. The molecule has 0 aliphatic carbocycles. The molecule has 0 saturated carbocycles. The maximum absolute atomic E-state index is 5.58. The minimum absolute atomic E-state index is 0.764. The molecular weight excluding hydrogens is 133 g/mol. The molecule has 0 bridgehead atoms. The van der Waals surface area contributed by atoms with E-state index >= 15 is 0 Å². The van der Waals surface area contributed by atoms with Crippen LogP contribution in [-0.2, 0) is 0 Å². The molecule has 1 N–H and O–H groups in total. The lowest BCUT2D eigenvalue weighted by atomic mass is 9.94. The van der Waals surface area contributed by atoms with E-state index in [4.69, 9.17) is 7.85 Å². The monoisotopic (exact) mass is 143 g/mol. The summed E-state index contributed by atoms with van der Waals surface area (Å²) in [5.41, 5.74) is 2.85. The normalized spacial score (nSPS) is 9.18. The Bertz CT molecular complexity index is 268. The average Bonchev–Trinajstić information content (AvgIpc) is 2.04. The predicted molar refractivity (Wildman–Crippen MR) is 51.5 cm³/mol. The molecule has 0 unspecified atom stereocenters. The highest BCUT2D eigenvalue weighted by Crippen LogP contribution is 2.12. The summed E-state index contributed by atoms with van der Waals surface area (Å²) in [7, 11) is 7.45. The Hall–Kier alpha value is -1.18. The van der Waals surface area contributed by atoms with Gasteiger partial charge < -0.3 is 5.32 Å². The van der Waals surface area contributed by atoms with E-state index in [0.29, 0.717) is 0 Å². The highest BCUT2D eigenvalue weighted by atomic mass is 14.8.